The molecule has 6 aliphatic rings. The Labute approximate surface area is 416 Å². The number of hydrogen-bond acceptors (Lipinski definition) is 15. The molecule has 4 bridgehead atoms. The Morgan fingerprint density at radius 1 is 0.648 bits per heavy atom. The van der Waals surface area contributed by atoms with Gasteiger partial charge in [0.25, 0.3) is 0 Å². The van der Waals surface area contributed by atoms with Gasteiger partial charge >= 0.3 is 0 Å². The van der Waals surface area contributed by atoms with Crippen LogP contribution in [0.15, 0.2) is 72.8 Å². The minimum atomic E-state index is -1.12. The number of aliphatic hydroxyl groups excluding tert-OH is 3. The molecule has 71 heavy (non-hydrogen) atoms. The van der Waals surface area contributed by atoms with Gasteiger partial charge in [0.05, 0.1) is 74.5 Å². The van der Waals surface area contributed by atoms with E-state index in [-0.39, 0.29) is 101 Å². The van der Waals surface area contributed by atoms with E-state index in [0.717, 1.165) is 11.1 Å². The molecule has 4 fully saturated rings. The van der Waals surface area contributed by atoms with Crippen LogP contribution >= 0.6 is 0 Å². The van der Waals surface area contributed by atoms with E-state index in [2.05, 4.69) is 34.6 Å². The van der Waals surface area contributed by atoms with Gasteiger partial charge in [-0.05, 0) is 66.0 Å². The monoisotopic (exact) mass is 988 g/mol. The summed E-state index contributed by atoms with van der Waals surface area (Å²) >= 11 is 0. The summed E-state index contributed by atoms with van der Waals surface area (Å²) < 4.78 is 45.4. The molecule has 0 radical (unpaired) electrons. The van der Waals surface area contributed by atoms with Crippen LogP contribution in [0.3, 0.4) is 0 Å². The molecule has 0 saturated carbocycles. The number of hydrogen-bond donors (Lipinski definition) is 3. The second kappa shape index (κ2) is 21.5. The standard InChI is InChI=1S/C54H72N2O15/c1-8-53-20-17-41(70-53)43-45(53)50(63)56(48(43)61)30-51(3,4)23-33(2)19-22-55-47(60)44-42-18-21-54(71-42,46(44)49(55)62)31-65-25-37(58)28-68-39-13-9-34(10-14-39)52(5,6)35-11-15-40(16-12-35)69-29-38(59)27-67-32-66-26-36(57)24-64-7/h9-18,20-21,33,36-38,41-46,57-59H,8,19,22-32H2,1-7H3. The number of nitrogens with zero attached hydrogens (tertiary/aromatic N) is 2. The van der Waals surface area contributed by atoms with Gasteiger partial charge in [-0.2, -0.15) is 0 Å². The summed E-state index contributed by atoms with van der Waals surface area (Å²) in [6.07, 6.45) is 5.94. The van der Waals surface area contributed by atoms with Gasteiger partial charge in [-0.25, -0.2) is 0 Å². The number of carbonyl (C=O) groups excluding carboxylic acids is 4. The first-order chi connectivity index (χ1) is 33.8. The summed E-state index contributed by atoms with van der Waals surface area (Å²) in [4.78, 5) is 57.7. The van der Waals surface area contributed by atoms with Gasteiger partial charge in [-0.1, -0.05) is 90.1 Å². The number of methoxy groups -OCH3 is 1. The van der Waals surface area contributed by atoms with E-state index in [9.17, 15) is 34.5 Å². The van der Waals surface area contributed by atoms with Crippen molar-refractivity contribution in [1.29, 1.82) is 0 Å². The Bertz CT molecular complexity index is 2280. The molecule has 17 nitrogen and oxygen atoms in total. The molecule has 4 amide bonds. The van der Waals surface area contributed by atoms with Crippen LogP contribution in [-0.4, -0.2) is 164 Å². The Morgan fingerprint density at radius 2 is 1.13 bits per heavy atom. The van der Waals surface area contributed by atoms with Crippen LogP contribution in [0.25, 0.3) is 0 Å². The van der Waals surface area contributed by atoms with Crippen molar-refractivity contribution >= 4 is 23.6 Å². The number of ether oxygens (including phenoxy) is 8. The van der Waals surface area contributed by atoms with E-state index in [4.69, 9.17) is 37.9 Å². The molecule has 17 heteroatoms. The van der Waals surface area contributed by atoms with Gasteiger partial charge in [0, 0.05) is 25.6 Å². The van der Waals surface area contributed by atoms with Gasteiger partial charge in [0.1, 0.15) is 55.4 Å². The number of rotatable bonds is 28. The molecule has 12 unspecified atom stereocenters. The zero-order valence-electron chi connectivity index (χ0n) is 42.0. The number of fused-ring (bicyclic) bond motifs is 10. The molecule has 12 atom stereocenters. The van der Waals surface area contributed by atoms with E-state index in [1.807, 2.05) is 79.8 Å². The fourth-order valence-electron chi connectivity index (χ4n) is 11.6. The van der Waals surface area contributed by atoms with Crippen molar-refractivity contribution < 1.29 is 72.4 Å². The number of likely N-dealkylation sites (tertiary alicyclic amines) is 2. The Hall–Kier alpha value is -4.56. The minimum Gasteiger partial charge on any atom is -0.491 e. The number of carbonyl (C=O) groups is 4. The molecule has 3 N–H and O–H groups in total. The summed E-state index contributed by atoms with van der Waals surface area (Å²) in [6, 6.07) is 15.3. The fourth-order valence-corrected chi connectivity index (χ4v) is 11.6. The van der Waals surface area contributed by atoms with Crippen molar-refractivity contribution in [3.05, 3.63) is 84.0 Å². The molecular weight excluding hydrogens is 917 g/mol. The number of benzene rings is 2. The predicted molar refractivity (Wildman–Crippen MR) is 257 cm³/mol. The van der Waals surface area contributed by atoms with Gasteiger partial charge < -0.3 is 53.2 Å². The molecule has 2 aromatic rings. The van der Waals surface area contributed by atoms with Crippen LogP contribution in [-0.2, 0) is 53.0 Å². The van der Waals surface area contributed by atoms with E-state index < -0.39 is 64.7 Å². The summed E-state index contributed by atoms with van der Waals surface area (Å²) in [5.41, 5.74) is -0.487. The molecule has 388 valence electrons. The third kappa shape index (κ3) is 10.9. The molecule has 0 aliphatic carbocycles. The first-order valence-corrected chi connectivity index (χ1v) is 25.0. The van der Waals surface area contributed by atoms with Gasteiger partial charge in [-0.15, -0.1) is 0 Å². The summed E-state index contributed by atoms with van der Waals surface area (Å²) in [5, 5.41) is 30.7. The summed E-state index contributed by atoms with van der Waals surface area (Å²) in [5.74, 6) is -1.89. The van der Waals surface area contributed by atoms with Crippen molar-refractivity contribution in [2.45, 2.75) is 108 Å². The highest BCUT2D eigenvalue weighted by molar-refractivity contribution is 6.08. The second-order valence-corrected chi connectivity index (χ2v) is 21.6. The Balaban J connectivity index is 0.745. The van der Waals surface area contributed by atoms with Crippen LogP contribution in [0, 0.1) is 35.0 Å². The maximum Gasteiger partial charge on any atom is 0.236 e. The molecule has 8 rings (SSSR count). The van der Waals surface area contributed by atoms with Crippen LogP contribution in [0.5, 0.6) is 11.5 Å². The molecular formula is C54H72N2O15. The molecule has 2 aromatic carbocycles. The third-order valence-electron chi connectivity index (χ3n) is 15.2. The highest BCUT2D eigenvalue weighted by Crippen LogP contribution is 2.54. The first kappa shape index (κ1) is 52.8. The molecule has 6 heterocycles. The van der Waals surface area contributed by atoms with Crippen molar-refractivity contribution in [3.63, 3.8) is 0 Å². The molecule has 0 spiro atoms. The zero-order valence-corrected chi connectivity index (χ0v) is 42.0. The Morgan fingerprint density at radius 3 is 1.68 bits per heavy atom. The molecule has 4 saturated heterocycles. The van der Waals surface area contributed by atoms with Crippen molar-refractivity contribution in [2.75, 3.05) is 73.2 Å². The van der Waals surface area contributed by atoms with Crippen molar-refractivity contribution in [2.24, 2.45) is 35.0 Å². The summed E-state index contributed by atoms with van der Waals surface area (Å²) in [7, 11) is 1.49. The van der Waals surface area contributed by atoms with Crippen molar-refractivity contribution in [3.8, 4) is 11.5 Å². The molecule has 6 aliphatic heterocycles. The lowest BCUT2D eigenvalue weighted by molar-refractivity contribution is -0.148. The predicted octanol–water partition coefficient (Wildman–Crippen LogP) is 3.98. The Kier molecular flexibility index (Phi) is 16.0. The second-order valence-electron chi connectivity index (χ2n) is 21.6. The van der Waals surface area contributed by atoms with Crippen LogP contribution < -0.4 is 9.47 Å². The highest BCUT2D eigenvalue weighted by atomic mass is 16.7. The van der Waals surface area contributed by atoms with Crippen LogP contribution in [0.2, 0.25) is 0 Å². The van der Waals surface area contributed by atoms with Crippen LogP contribution in [0.1, 0.15) is 71.9 Å². The maximum atomic E-state index is 14.0. The summed E-state index contributed by atoms with van der Waals surface area (Å²) in [6.45, 7) is 13.0. The average molecular weight is 989 g/mol. The first-order valence-electron chi connectivity index (χ1n) is 25.0. The topological polar surface area (TPSA) is 209 Å². The highest BCUT2D eigenvalue weighted by Gasteiger charge is 2.68. The third-order valence-corrected chi connectivity index (χ3v) is 15.2. The smallest absolute Gasteiger partial charge is 0.236 e. The normalized spacial score (nSPS) is 29.1. The number of amides is 4. The van der Waals surface area contributed by atoms with Crippen molar-refractivity contribution in [1.82, 2.24) is 9.80 Å². The van der Waals surface area contributed by atoms with Crippen LogP contribution in [0.4, 0.5) is 0 Å². The van der Waals surface area contributed by atoms with E-state index in [1.165, 1.54) is 16.9 Å². The largest absolute Gasteiger partial charge is 0.491 e. The van der Waals surface area contributed by atoms with Gasteiger partial charge in [-0.3, -0.25) is 29.0 Å². The van der Waals surface area contributed by atoms with E-state index in [1.54, 1.807) is 0 Å². The van der Waals surface area contributed by atoms with E-state index >= 15 is 0 Å². The lowest BCUT2D eigenvalue weighted by Crippen LogP contribution is -2.45. The van der Waals surface area contributed by atoms with Gasteiger partial charge in [0.15, 0.2) is 0 Å². The lowest BCUT2D eigenvalue weighted by atomic mass is 9.76. The number of imide groups is 2. The molecule has 0 aromatic heterocycles. The quantitative estimate of drug-likeness (QED) is 0.0477. The van der Waals surface area contributed by atoms with Gasteiger partial charge in [0.2, 0.25) is 23.6 Å². The fraction of sp³-hybridized carbons (Fsp3) is 0.630. The number of aliphatic hydroxyl groups is 3. The lowest BCUT2D eigenvalue weighted by Gasteiger charge is -2.33. The zero-order chi connectivity index (χ0) is 50.9. The van der Waals surface area contributed by atoms with E-state index in [0.29, 0.717) is 37.3 Å². The maximum absolute atomic E-state index is 14.0. The average Bonchev–Trinajstić information content (AvgIpc) is 4.19. The minimum absolute atomic E-state index is 0.0117. The SMILES string of the molecule is CCC12C=CC(O1)C1C(=O)N(CC(C)(C)CC(C)CCN3C(=O)C4C5C=CC(COCC(O)COc6ccc(C(C)(C)c7ccc(OCC(O)COCOCC(O)COC)cc7)cc6)(O5)C4C3=O)C(=O)C12.